The summed E-state index contributed by atoms with van der Waals surface area (Å²) in [5.74, 6) is 1.92. The number of pyridine rings is 1. The molecule has 78 valence electrons. The predicted molar refractivity (Wildman–Crippen MR) is 63.0 cm³/mol. The Morgan fingerprint density at radius 1 is 1.47 bits per heavy atom. The third-order valence-electron chi connectivity index (χ3n) is 2.91. The molecular weight excluding hydrogens is 254 g/mol. The zero-order valence-electron chi connectivity index (χ0n) is 8.28. The van der Waals surface area contributed by atoms with Crippen molar-refractivity contribution in [3.63, 3.8) is 0 Å². The molecule has 0 saturated carbocycles. The molecule has 0 amide bonds. The summed E-state index contributed by atoms with van der Waals surface area (Å²) in [6.45, 7) is 2.26. The molecule has 3 heterocycles. The Morgan fingerprint density at radius 2 is 2.33 bits per heavy atom. The standard InChI is InChI=1S/C11H12BrN3/c12-9-1-2-10-6-14-11(15(10)7-9)3-8-4-13-5-8/h1-2,6-8,13H,3-5H2. The summed E-state index contributed by atoms with van der Waals surface area (Å²) in [6.07, 6.45) is 5.09. The maximum atomic E-state index is 4.47. The molecule has 0 atom stereocenters. The highest BCUT2D eigenvalue weighted by molar-refractivity contribution is 9.10. The van der Waals surface area contributed by atoms with Gasteiger partial charge in [-0.25, -0.2) is 4.98 Å². The normalized spacial score (nSPS) is 16.9. The first kappa shape index (κ1) is 9.36. The molecule has 15 heavy (non-hydrogen) atoms. The lowest BCUT2D eigenvalue weighted by Crippen LogP contribution is -2.43. The molecule has 4 heteroatoms. The molecule has 0 bridgehead atoms. The summed E-state index contributed by atoms with van der Waals surface area (Å²) >= 11 is 3.49. The van der Waals surface area contributed by atoms with Crippen molar-refractivity contribution in [3.8, 4) is 0 Å². The van der Waals surface area contributed by atoms with Crippen molar-refractivity contribution in [2.24, 2.45) is 5.92 Å². The Hall–Kier alpha value is -0.870. The van der Waals surface area contributed by atoms with E-state index in [2.05, 4.69) is 42.9 Å². The maximum absolute atomic E-state index is 4.47. The lowest BCUT2D eigenvalue weighted by atomic mass is 9.99. The van der Waals surface area contributed by atoms with Gasteiger partial charge in [0.1, 0.15) is 5.82 Å². The number of hydrogen-bond acceptors (Lipinski definition) is 2. The summed E-state index contributed by atoms with van der Waals surface area (Å²) < 4.78 is 3.27. The molecule has 3 rings (SSSR count). The largest absolute Gasteiger partial charge is 0.316 e. The van der Waals surface area contributed by atoms with Gasteiger partial charge in [0.05, 0.1) is 11.7 Å². The van der Waals surface area contributed by atoms with Crippen LogP contribution in [-0.2, 0) is 6.42 Å². The molecular formula is C11H12BrN3. The quantitative estimate of drug-likeness (QED) is 0.899. The summed E-state index contributed by atoms with van der Waals surface area (Å²) in [4.78, 5) is 4.47. The van der Waals surface area contributed by atoms with E-state index in [0.29, 0.717) is 0 Å². The van der Waals surface area contributed by atoms with Crippen molar-refractivity contribution in [2.45, 2.75) is 6.42 Å². The maximum Gasteiger partial charge on any atom is 0.113 e. The Labute approximate surface area is 96.6 Å². The lowest BCUT2D eigenvalue weighted by molar-refractivity contribution is 0.340. The van der Waals surface area contributed by atoms with Crippen LogP contribution in [0.1, 0.15) is 5.82 Å². The highest BCUT2D eigenvalue weighted by Crippen LogP contribution is 2.17. The van der Waals surface area contributed by atoms with Gasteiger partial charge < -0.3 is 9.72 Å². The smallest absolute Gasteiger partial charge is 0.113 e. The number of fused-ring (bicyclic) bond motifs is 1. The second-order valence-corrected chi connectivity index (χ2v) is 4.96. The summed E-state index contributed by atoms with van der Waals surface area (Å²) in [5.41, 5.74) is 1.17. The number of nitrogens with one attached hydrogen (secondary N) is 1. The van der Waals surface area contributed by atoms with E-state index in [0.717, 1.165) is 35.7 Å². The van der Waals surface area contributed by atoms with Gasteiger partial charge in [-0.2, -0.15) is 0 Å². The van der Waals surface area contributed by atoms with Gasteiger partial charge in [0.25, 0.3) is 0 Å². The van der Waals surface area contributed by atoms with Crippen LogP contribution in [0, 0.1) is 5.92 Å². The average molecular weight is 266 g/mol. The molecule has 0 aromatic carbocycles. The van der Waals surface area contributed by atoms with Gasteiger partial charge in [-0.3, -0.25) is 0 Å². The summed E-state index contributed by atoms with van der Waals surface area (Å²) in [6, 6.07) is 4.13. The molecule has 1 aliphatic heterocycles. The van der Waals surface area contributed by atoms with Crippen molar-refractivity contribution in [1.82, 2.24) is 14.7 Å². The molecule has 0 aliphatic carbocycles. The first-order chi connectivity index (χ1) is 7.33. The van der Waals surface area contributed by atoms with Crippen LogP contribution in [0.5, 0.6) is 0 Å². The van der Waals surface area contributed by atoms with Gasteiger partial charge in [0.2, 0.25) is 0 Å². The molecule has 0 unspecified atom stereocenters. The number of hydrogen-bond donors (Lipinski definition) is 1. The Balaban J connectivity index is 1.98. The number of aromatic nitrogens is 2. The number of imidazole rings is 1. The topological polar surface area (TPSA) is 29.3 Å². The summed E-state index contributed by atoms with van der Waals surface area (Å²) in [5, 5.41) is 3.29. The molecule has 0 spiro atoms. The molecule has 1 fully saturated rings. The Bertz CT molecular complexity index is 488. The third kappa shape index (κ3) is 1.68. The highest BCUT2D eigenvalue weighted by Gasteiger charge is 2.19. The van der Waals surface area contributed by atoms with Gasteiger partial charge in [0.15, 0.2) is 0 Å². The zero-order chi connectivity index (χ0) is 10.3. The molecule has 1 aliphatic rings. The lowest BCUT2D eigenvalue weighted by Gasteiger charge is -2.26. The van der Waals surface area contributed by atoms with Gasteiger partial charge in [-0.15, -0.1) is 0 Å². The molecule has 1 N–H and O–H groups in total. The van der Waals surface area contributed by atoms with E-state index in [1.165, 1.54) is 5.52 Å². The van der Waals surface area contributed by atoms with Crippen LogP contribution in [0.15, 0.2) is 29.0 Å². The van der Waals surface area contributed by atoms with Crippen LogP contribution in [0.25, 0.3) is 5.52 Å². The fraction of sp³-hybridized carbons (Fsp3) is 0.364. The van der Waals surface area contributed by atoms with Gasteiger partial charge in [-0.1, -0.05) is 0 Å². The number of halogens is 1. The van der Waals surface area contributed by atoms with Crippen LogP contribution in [0.4, 0.5) is 0 Å². The number of nitrogens with zero attached hydrogens (tertiary/aromatic N) is 2. The molecule has 2 aromatic rings. The van der Waals surface area contributed by atoms with E-state index >= 15 is 0 Å². The van der Waals surface area contributed by atoms with E-state index in [1.54, 1.807) is 0 Å². The predicted octanol–water partition coefficient (Wildman–Crippen LogP) is 1.86. The minimum Gasteiger partial charge on any atom is -0.316 e. The second kappa shape index (κ2) is 3.61. The van der Waals surface area contributed by atoms with Gasteiger partial charge in [-0.05, 0) is 47.1 Å². The second-order valence-electron chi connectivity index (χ2n) is 4.05. The van der Waals surface area contributed by atoms with E-state index in [-0.39, 0.29) is 0 Å². The zero-order valence-corrected chi connectivity index (χ0v) is 9.87. The minimum atomic E-state index is 0.759. The van der Waals surface area contributed by atoms with Crippen LogP contribution in [-0.4, -0.2) is 22.5 Å². The van der Waals surface area contributed by atoms with Crippen LogP contribution in [0.2, 0.25) is 0 Å². The van der Waals surface area contributed by atoms with Crippen molar-refractivity contribution in [1.29, 1.82) is 0 Å². The average Bonchev–Trinajstić information content (AvgIpc) is 2.54. The van der Waals surface area contributed by atoms with Crippen LogP contribution < -0.4 is 5.32 Å². The van der Waals surface area contributed by atoms with Gasteiger partial charge in [0, 0.05) is 17.1 Å². The van der Waals surface area contributed by atoms with E-state index in [1.807, 2.05) is 12.3 Å². The fourth-order valence-electron chi connectivity index (χ4n) is 1.92. The Kier molecular flexibility index (Phi) is 2.25. The Morgan fingerprint density at radius 3 is 3.07 bits per heavy atom. The first-order valence-electron chi connectivity index (χ1n) is 5.15. The SMILES string of the molecule is Brc1ccc2cnc(CC3CNC3)n2c1. The highest BCUT2D eigenvalue weighted by atomic mass is 79.9. The third-order valence-corrected chi connectivity index (χ3v) is 3.37. The van der Waals surface area contributed by atoms with Crippen molar-refractivity contribution in [2.75, 3.05) is 13.1 Å². The van der Waals surface area contributed by atoms with Crippen LogP contribution in [0.3, 0.4) is 0 Å². The molecule has 0 radical (unpaired) electrons. The minimum absolute atomic E-state index is 0.759. The fourth-order valence-corrected chi connectivity index (χ4v) is 2.26. The molecule has 1 saturated heterocycles. The van der Waals surface area contributed by atoms with Crippen molar-refractivity contribution < 1.29 is 0 Å². The molecule has 3 nitrogen and oxygen atoms in total. The van der Waals surface area contributed by atoms with E-state index in [4.69, 9.17) is 0 Å². The van der Waals surface area contributed by atoms with Crippen LogP contribution >= 0.6 is 15.9 Å². The van der Waals surface area contributed by atoms with E-state index < -0.39 is 0 Å². The summed E-state index contributed by atoms with van der Waals surface area (Å²) in [7, 11) is 0. The molecule has 2 aromatic heterocycles. The monoisotopic (exact) mass is 265 g/mol. The number of rotatable bonds is 2. The van der Waals surface area contributed by atoms with Gasteiger partial charge >= 0.3 is 0 Å². The van der Waals surface area contributed by atoms with Crippen molar-refractivity contribution in [3.05, 3.63) is 34.8 Å². The first-order valence-corrected chi connectivity index (χ1v) is 5.94. The van der Waals surface area contributed by atoms with E-state index in [9.17, 15) is 0 Å². The van der Waals surface area contributed by atoms with Crippen molar-refractivity contribution >= 4 is 21.4 Å².